The lowest BCUT2D eigenvalue weighted by Gasteiger charge is -2.09. The summed E-state index contributed by atoms with van der Waals surface area (Å²) in [4.78, 5) is 4.94. The van der Waals surface area contributed by atoms with Crippen LogP contribution in [0.3, 0.4) is 0 Å². The maximum absolute atomic E-state index is 4.94. The van der Waals surface area contributed by atoms with E-state index in [9.17, 15) is 0 Å². The molecule has 0 saturated heterocycles. The highest BCUT2D eigenvalue weighted by Gasteiger charge is 2.35. The van der Waals surface area contributed by atoms with Gasteiger partial charge in [0.15, 0.2) is 6.04 Å². The number of pyridine rings is 2. The van der Waals surface area contributed by atoms with Gasteiger partial charge in [0, 0.05) is 41.0 Å². The molecule has 0 fully saturated rings. The predicted octanol–water partition coefficient (Wildman–Crippen LogP) is 8.47. The first kappa shape index (κ1) is 21.9. The molecule has 6 aromatic rings. The number of hydrogen-bond donors (Lipinski definition) is 0. The van der Waals surface area contributed by atoms with Gasteiger partial charge in [-0.25, -0.2) is 4.98 Å². The minimum atomic E-state index is 0.334. The maximum atomic E-state index is 4.94. The average molecular weight is 478 g/mol. The van der Waals surface area contributed by atoms with Crippen molar-refractivity contribution >= 4 is 21.8 Å². The van der Waals surface area contributed by atoms with Gasteiger partial charge in [0.25, 0.3) is 0 Å². The van der Waals surface area contributed by atoms with Crippen LogP contribution >= 0.6 is 0 Å². The summed E-state index contributed by atoms with van der Waals surface area (Å²) in [6.07, 6.45) is 1.07. The molecular weight excluding hydrogens is 448 g/mol. The van der Waals surface area contributed by atoms with E-state index in [1.165, 1.54) is 50.0 Å². The van der Waals surface area contributed by atoms with Crippen LogP contribution in [0.5, 0.6) is 0 Å². The van der Waals surface area contributed by atoms with Crippen molar-refractivity contribution in [3.05, 3.63) is 120 Å². The largest absolute Gasteiger partial charge is 0.248 e. The molecule has 1 aliphatic rings. The van der Waals surface area contributed by atoms with Gasteiger partial charge in [-0.2, -0.15) is 4.57 Å². The SMILES string of the molecule is CCc1ccc2c(c1)C(C)[n+]1c-2ccc2cc(-c3ccc4nc(-c5ccc(C)cc5)ccc4c3)ccc21. The van der Waals surface area contributed by atoms with E-state index in [2.05, 4.69) is 128 Å². The van der Waals surface area contributed by atoms with E-state index in [1.807, 2.05) is 0 Å². The lowest BCUT2D eigenvalue weighted by atomic mass is 9.99. The third-order valence-corrected chi connectivity index (χ3v) is 7.97. The molecule has 1 unspecified atom stereocenters. The summed E-state index contributed by atoms with van der Waals surface area (Å²) in [7, 11) is 0. The zero-order valence-electron chi connectivity index (χ0n) is 21.5. The van der Waals surface area contributed by atoms with Gasteiger partial charge < -0.3 is 0 Å². The summed E-state index contributed by atoms with van der Waals surface area (Å²) < 4.78 is 2.50. The Morgan fingerprint density at radius 3 is 2.24 bits per heavy atom. The minimum Gasteiger partial charge on any atom is -0.248 e. The fourth-order valence-electron chi connectivity index (χ4n) is 5.84. The number of hydrogen-bond acceptors (Lipinski definition) is 1. The van der Waals surface area contributed by atoms with Crippen LogP contribution in [-0.4, -0.2) is 4.98 Å². The number of aryl methyl sites for hydroxylation is 2. The molecule has 178 valence electrons. The number of rotatable bonds is 3. The third-order valence-electron chi connectivity index (χ3n) is 7.97. The average Bonchev–Trinajstić information content (AvgIpc) is 3.23. The van der Waals surface area contributed by atoms with Crippen LogP contribution in [0.4, 0.5) is 0 Å². The van der Waals surface area contributed by atoms with Crippen molar-refractivity contribution in [1.29, 1.82) is 0 Å². The molecule has 2 nitrogen and oxygen atoms in total. The second-order valence-electron chi connectivity index (χ2n) is 10.3. The van der Waals surface area contributed by atoms with Crippen LogP contribution in [0.25, 0.3) is 55.4 Å². The summed E-state index contributed by atoms with van der Waals surface area (Å²) in [6, 6.07) is 38.2. The van der Waals surface area contributed by atoms with Crippen LogP contribution < -0.4 is 4.57 Å². The first-order valence-corrected chi connectivity index (χ1v) is 13.2. The molecule has 37 heavy (non-hydrogen) atoms. The second kappa shape index (κ2) is 8.38. The van der Waals surface area contributed by atoms with Gasteiger partial charge in [-0.05, 0) is 78.6 Å². The van der Waals surface area contributed by atoms with E-state index in [-0.39, 0.29) is 0 Å². The van der Waals surface area contributed by atoms with Gasteiger partial charge in [-0.1, -0.05) is 55.0 Å². The molecule has 1 atom stereocenters. The van der Waals surface area contributed by atoms with E-state index in [0.29, 0.717) is 6.04 Å². The fourth-order valence-corrected chi connectivity index (χ4v) is 5.84. The normalized spacial score (nSPS) is 14.2. The van der Waals surface area contributed by atoms with Crippen molar-refractivity contribution < 1.29 is 4.57 Å². The van der Waals surface area contributed by atoms with Crippen molar-refractivity contribution in [2.24, 2.45) is 0 Å². The lowest BCUT2D eigenvalue weighted by molar-refractivity contribution is -0.668. The number of benzene rings is 4. The Morgan fingerprint density at radius 2 is 1.43 bits per heavy atom. The van der Waals surface area contributed by atoms with E-state index in [4.69, 9.17) is 4.98 Å². The molecule has 3 heterocycles. The van der Waals surface area contributed by atoms with Crippen LogP contribution in [0.1, 0.15) is 36.6 Å². The molecule has 0 amide bonds. The Morgan fingerprint density at radius 1 is 0.703 bits per heavy atom. The van der Waals surface area contributed by atoms with Crippen LogP contribution in [0.15, 0.2) is 103 Å². The Labute approximate surface area is 217 Å². The molecule has 0 N–H and O–H groups in total. The zero-order chi connectivity index (χ0) is 25.1. The van der Waals surface area contributed by atoms with Gasteiger partial charge >= 0.3 is 0 Å². The Balaban J connectivity index is 1.27. The van der Waals surface area contributed by atoms with Gasteiger partial charge in [0.1, 0.15) is 0 Å². The fraction of sp³-hybridized carbons (Fsp3) is 0.143. The predicted molar refractivity (Wildman–Crippen MR) is 154 cm³/mol. The number of fused-ring (bicyclic) bond motifs is 6. The molecule has 2 heteroatoms. The Bertz CT molecular complexity index is 1830. The first-order valence-electron chi connectivity index (χ1n) is 13.2. The highest BCUT2D eigenvalue weighted by molar-refractivity contribution is 5.89. The Hall–Kier alpha value is -4.30. The standard InChI is InChI=1S/C35H29N2/c1-4-24-7-14-30-31(19-24)23(3)37-34-17-12-27(21-29(34)13-18-35(30)37)26-10-15-33-28(20-26)11-16-32(36-33)25-8-5-22(2)6-9-25/h5-21,23H,4H2,1-3H3/q+1. The van der Waals surface area contributed by atoms with Crippen molar-refractivity contribution in [3.63, 3.8) is 0 Å². The summed E-state index contributed by atoms with van der Waals surface area (Å²) in [6.45, 7) is 6.66. The van der Waals surface area contributed by atoms with Crippen molar-refractivity contribution in [2.75, 3.05) is 0 Å². The molecular formula is C35H29N2+. The van der Waals surface area contributed by atoms with Crippen molar-refractivity contribution in [2.45, 2.75) is 33.2 Å². The molecule has 0 bridgehead atoms. The highest BCUT2D eigenvalue weighted by atomic mass is 15.0. The quantitative estimate of drug-likeness (QED) is 0.234. The minimum absolute atomic E-state index is 0.334. The van der Waals surface area contributed by atoms with Crippen molar-refractivity contribution in [3.8, 4) is 33.6 Å². The smallest absolute Gasteiger partial charge is 0.214 e. The van der Waals surface area contributed by atoms with E-state index >= 15 is 0 Å². The van der Waals surface area contributed by atoms with Crippen molar-refractivity contribution in [1.82, 2.24) is 4.98 Å². The second-order valence-corrected chi connectivity index (χ2v) is 10.3. The van der Waals surface area contributed by atoms with Crippen LogP contribution in [0, 0.1) is 6.92 Å². The molecule has 1 aliphatic heterocycles. The molecule has 0 saturated carbocycles. The third kappa shape index (κ3) is 3.55. The number of aromatic nitrogens is 2. The Kier molecular flexibility index (Phi) is 4.97. The summed E-state index contributed by atoms with van der Waals surface area (Å²) in [5.74, 6) is 0. The van der Waals surface area contributed by atoms with Gasteiger partial charge in [0.05, 0.1) is 16.8 Å². The molecule has 0 aliphatic carbocycles. The monoisotopic (exact) mass is 477 g/mol. The van der Waals surface area contributed by atoms with Gasteiger partial charge in [-0.3, -0.25) is 0 Å². The first-order chi connectivity index (χ1) is 18.1. The molecule has 0 spiro atoms. The van der Waals surface area contributed by atoms with E-state index in [1.54, 1.807) is 0 Å². The van der Waals surface area contributed by atoms with E-state index < -0.39 is 0 Å². The topological polar surface area (TPSA) is 16.8 Å². The summed E-state index contributed by atoms with van der Waals surface area (Å²) in [5.41, 5.74) is 13.7. The maximum Gasteiger partial charge on any atom is 0.214 e. The molecule has 4 aromatic carbocycles. The van der Waals surface area contributed by atoms with Crippen LogP contribution in [0.2, 0.25) is 0 Å². The molecule has 7 rings (SSSR count). The summed E-state index contributed by atoms with van der Waals surface area (Å²) >= 11 is 0. The van der Waals surface area contributed by atoms with E-state index in [0.717, 1.165) is 28.6 Å². The van der Waals surface area contributed by atoms with Crippen LogP contribution in [-0.2, 0) is 6.42 Å². The zero-order valence-corrected chi connectivity index (χ0v) is 21.5. The summed E-state index contributed by atoms with van der Waals surface area (Å²) in [5, 5.41) is 2.43. The lowest BCUT2D eigenvalue weighted by Crippen LogP contribution is -2.37. The molecule has 0 radical (unpaired) electrons. The molecule has 2 aromatic heterocycles. The van der Waals surface area contributed by atoms with Gasteiger partial charge in [-0.15, -0.1) is 0 Å². The van der Waals surface area contributed by atoms with Gasteiger partial charge in [0.2, 0.25) is 11.2 Å². The number of nitrogens with zero attached hydrogens (tertiary/aromatic N) is 2. The highest BCUT2D eigenvalue weighted by Crippen LogP contribution is 2.37.